The van der Waals surface area contributed by atoms with Gasteiger partial charge < -0.3 is 5.32 Å². The molecule has 0 saturated heterocycles. The van der Waals surface area contributed by atoms with E-state index in [1.807, 2.05) is 25.2 Å². The summed E-state index contributed by atoms with van der Waals surface area (Å²) in [6.07, 6.45) is 0. The quantitative estimate of drug-likeness (QED) is 0.699. The molecule has 0 aliphatic heterocycles. The van der Waals surface area contributed by atoms with Crippen molar-refractivity contribution in [2.24, 2.45) is 0 Å². The maximum Gasteiger partial charge on any atom is 0.115 e. The van der Waals surface area contributed by atoms with Gasteiger partial charge in [-0.2, -0.15) is 0 Å². The Morgan fingerprint density at radius 3 is 2.73 bits per heavy atom. The normalized spacial score (nSPS) is 10.0. The summed E-state index contributed by atoms with van der Waals surface area (Å²) < 4.78 is 12.1. The lowest BCUT2D eigenvalue weighted by atomic mass is 10.1. The Labute approximate surface area is 66.2 Å². The molecule has 0 aliphatic rings. The Hall–Kier alpha value is -0.890. The molecular weight excluding hydrogens is 141 g/mol. The number of hydrogen-bond acceptors (Lipinski definition) is 1. The third kappa shape index (κ3) is 2.31. The van der Waals surface area contributed by atoms with Crippen LogP contribution in [0.3, 0.4) is 0 Å². The molecule has 60 valence electrons. The van der Waals surface area contributed by atoms with Crippen LogP contribution in [-0.2, 0) is 13.2 Å². The molecule has 0 amide bonds. The fourth-order valence-electron chi connectivity index (χ4n) is 1.03. The lowest BCUT2D eigenvalue weighted by molar-refractivity contribution is 0.485. The van der Waals surface area contributed by atoms with E-state index >= 15 is 0 Å². The molecule has 0 aliphatic carbocycles. The maximum absolute atomic E-state index is 12.1. The van der Waals surface area contributed by atoms with Crippen LogP contribution in [-0.4, -0.2) is 7.05 Å². The highest BCUT2D eigenvalue weighted by Crippen LogP contribution is 2.05. The van der Waals surface area contributed by atoms with Crippen molar-refractivity contribution in [2.75, 3.05) is 7.05 Å². The molecule has 0 heterocycles. The average molecular weight is 153 g/mol. The molecule has 0 unspecified atom stereocenters. The summed E-state index contributed by atoms with van der Waals surface area (Å²) in [4.78, 5) is 0. The highest BCUT2D eigenvalue weighted by molar-refractivity contribution is 5.22. The minimum Gasteiger partial charge on any atom is -0.316 e. The van der Waals surface area contributed by atoms with Crippen LogP contribution in [0.15, 0.2) is 24.3 Å². The summed E-state index contributed by atoms with van der Waals surface area (Å²) >= 11 is 0. The Morgan fingerprint density at radius 1 is 1.36 bits per heavy atom. The van der Waals surface area contributed by atoms with Crippen LogP contribution >= 0.6 is 0 Å². The van der Waals surface area contributed by atoms with E-state index in [-0.39, 0.29) is 6.67 Å². The van der Waals surface area contributed by atoms with Crippen molar-refractivity contribution in [3.63, 3.8) is 0 Å². The van der Waals surface area contributed by atoms with Gasteiger partial charge in [-0.1, -0.05) is 24.3 Å². The van der Waals surface area contributed by atoms with Crippen molar-refractivity contribution in [1.82, 2.24) is 5.32 Å². The van der Waals surface area contributed by atoms with Gasteiger partial charge in [0.1, 0.15) is 6.67 Å². The second-order valence-corrected chi connectivity index (χ2v) is 2.48. The Kier molecular flexibility index (Phi) is 3.05. The monoisotopic (exact) mass is 153 g/mol. The van der Waals surface area contributed by atoms with Gasteiger partial charge in [0.15, 0.2) is 0 Å². The number of rotatable bonds is 3. The van der Waals surface area contributed by atoms with Crippen LogP contribution in [0, 0.1) is 0 Å². The number of alkyl halides is 1. The fraction of sp³-hybridized carbons (Fsp3) is 0.333. The molecule has 0 saturated carbocycles. The molecule has 1 aromatic carbocycles. The summed E-state index contributed by atoms with van der Waals surface area (Å²) in [5.41, 5.74) is 1.88. The van der Waals surface area contributed by atoms with Crippen molar-refractivity contribution in [2.45, 2.75) is 13.2 Å². The van der Waals surface area contributed by atoms with Crippen LogP contribution in [0.25, 0.3) is 0 Å². The molecule has 1 N–H and O–H groups in total. The number of hydrogen-bond donors (Lipinski definition) is 1. The highest BCUT2D eigenvalue weighted by Gasteiger charge is 1.92. The smallest absolute Gasteiger partial charge is 0.115 e. The number of benzene rings is 1. The Morgan fingerprint density at radius 2 is 2.09 bits per heavy atom. The average Bonchev–Trinajstić information content (AvgIpc) is 2.06. The van der Waals surface area contributed by atoms with Gasteiger partial charge >= 0.3 is 0 Å². The van der Waals surface area contributed by atoms with Gasteiger partial charge in [0, 0.05) is 6.54 Å². The molecule has 0 aromatic heterocycles. The van der Waals surface area contributed by atoms with Crippen molar-refractivity contribution < 1.29 is 4.39 Å². The highest BCUT2D eigenvalue weighted by atomic mass is 19.1. The van der Waals surface area contributed by atoms with E-state index in [0.717, 1.165) is 17.7 Å². The van der Waals surface area contributed by atoms with Crippen molar-refractivity contribution in [3.05, 3.63) is 35.4 Å². The van der Waals surface area contributed by atoms with Crippen LogP contribution < -0.4 is 5.32 Å². The Balaban J connectivity index is 2.74. The van der Waals surface area contributed by atoms with Gasteiger partial charge in [0.2, 0.25) is 0 Å². The van der Waals surface area contributed by atoms with Gasteiger partial charge in [-0.05, 0) is 18.2 Å². The standard InChI is InChI=1S/C9H12FN/c1-11-7-9-4-2-3-8(5-9)6-10/h2-5,11H,6-7H2,1H3. The topological polar surface area (TPSA) is 12.0 Å². The van der Waals surface area contributed by atoms with Gasteiger partial charge in [0.25, 0.3) is 0 Å². The van der Waals surface area contributed by atoms with Crippen LogP contribution in [0.2, 0.25) is 0 Å². The van der Waals surface area contributed by atoms with E-state index < -0.39 is 0 Å². The SMILES string of the molecule is CNCc1cccc(CF)c1. The first-order valence-corrected chi connectivity index (χ1v) is 3.65. The molecule has 0 spiro atoms. The summed E-state index contributed by atoms with van der Waals surface area (Å²) in [6.45, 7) is 0.422. The maximum atomic E-state index is 12.1. The third-order valence-corrected chi connectivity index (χ3v) is 1.53. The van der Waals surface area contributed by atoms with Crippen LogP contribution in [0.1, 0.15) is 11.1 Å². The predicted molar refractivity (Wildman–Crippen MR) is 44.0 cm³/mol. The first-order chi connectivity index (χ1) is 5.36. The molecule has 11 heavy (non-hydrogen) atoms. The summed E-state index contributed by atoms with van der Waals surface area (Å²) in [5.74, 6) is 0. The molecule has 0 radical (unpaired) electrons. The van der Waals surface area contributed by atoms with Gasteiger partial charge in [-0.25, -0.2) is 4.39 Å². The molecule has 1 rings (SSSR count). The summed E-state index contributed by atoms with van der Waals surface area (Å²) in [5, 5.41) is 3.01. The molecule has 1 aromatic rings. The number of nitrogens with one attached hydrogen (secondary N) is 1. The lowest BCUT2D eigenvalue weighted by Gasteiger charge is -2.00. The zero-order chi connectivity index (χ0) is 8.10. The second kappa shape index (κ2) is 4.09. The van der Waals surface area contributed by atoms with E-state index in [9.17, 15) is 4.39 Å². The largest absolute Gasteiger partial charge is 0.316 e. The zero-order valence-electron chi connectivity index (χ0n) is 6.60. The van der Waals surface area contributed by atoms with Crippen molar-refractivity contribution in [3.8, 4) is 0 Å². The van der Waals surface area contributed by atoms with E-state index in [0.29, 0.717) is 0 Å². The lowest BCUT2D eigenvalue weighted by Crippen LogP contribution is -2.04. The van der Waals surface area contributed by atoms with Crippen LogP contribution in [0.4, 0.5) is 4.39 Å². The minimum absolute atomic E-state index is 0.377. The summed E-state index contributed by atoms with van der Waals surface area (Å²) in [6, 6.07) is 7.52. The molecule has 2 heteroatoms. The third-order valence-electron chi connectivity index (χ3n) is 1.53. The van der Waals surface area contributed by atoms with Crippen molar-refractivity contribution >= 4 is 0 Å². The van der Waals surface area contributed by atoms with E-state index in [2.05, 4.69) is 5.32 Å². The Bertz CT molecular complexity index is 223. The first-order valence-electron chi connectivity index (χ1n) is 3.65. The first kappa shape index (κ1) is 8.21. The second-order valence-electron chi connectivity index (χ2n) is 2.48. The van der Waals surface area contributed by atoms with E-state index in [1.54, 1.807) is 6.07 Å². The molecule has 1 nitrogen and oxygen atoms in total. The zero-order valence-corrected chi connectivity index (χ0v) is 6.60. The van der Waals surface area contributed by atoms with Crippen molar-refractivity contribution in [1.29, 1.82) is 0 Å². The number of halogens is 1. The van der Waals surface area contributed by atoms with E-state index in [4.69, 9.17) is 0 Å². The summed E-state index contributed by atoms with van der Waals surface area (Å²) in [7, 11) is 1.88. The molecule has 0 bridgehead atoms. The van der Waals surface area contributed by atoms with E-state index in [1.165, 1.54) is 0 Å². The van der Waals surface area contributed by atoms with Gasteiger partial charge in [-0.15, -0.1) is 0 Å². The minimum atomic E-state index is -0.377. The van der Waals surface area contributed by atoms with Crippen LogP contribution in [0.5, 0.6) is 0 Å². The predicted octanol–water partition coefficient (Wildman–Crippen LogP) is 1.88. The molecule has 0 atom stereocenters. The molecule has 0 fully saturated rings. The fourth-order valence-corrected chi connectivity index (χ4v) is 1.03. The molecular formula is C9H12FN. The van der Waals surface area contributed by atoms with Gasteiger partial charge in [0.05, 0.1) is 0 Å². The van der Waals surface area contributed by atoms with Gasteiger partial charge in [-0.3, -0.25) is 0 Å².